The third-order valence-electron chi connectivity index (χ3n) is 6.52. The number of esters is 2. The van der Waals surface area contributed by atoms with Crippen LogP contribution in [0.15, 0.2) is 78.9 Å². The molecular formula is C34H37F3O5. The molecule has 8 heteroatoms. The predicted octanol–water partition coefficient (Wildman–Crippen LogP) is 9.21. The average Bonchev–Trinajstić information content (AvgIpc) is 2.98. The Bertz CT molecular complexity index is 1280. The van der Waals surface area contributed by atoms with Gasteiger partial charge in [-0.15, -0.1) is 0 Å². The fourth-order valence-corrected chi connectivity index (χ4v) is 4.10. The molecule has 0 spiro atoms. The molecule has 0 saturated heterocycles. The van der Waals surface area contributed by atoms with E-state index in [1.54, 1.807) is 31.2 Å². The molecular weight excluding hydrogens is 545 g/mol. The number of unbranched alkanes of at least 4 members (excludes halogenated alkanes) is 4. The fourth-order valence-electron chi connectivity index (χ4n) is 4.10. The van der Waals surface area contributed by atoms with Gasteiger partial charge in [0, 0.05) is 6.08 Å². The van der Waals surface area contributed by atoms with E-state index in [0.29, 0.717) is 30.6 Å². The summed E-state index contributed by atoms with van der Waals surface area (Å²) in [6.07, 6.45) is 0.749. The molecule has 0 N–H and O–H groups in total. The van der Waals surface area contributed by atoms with Crippen LogP contribution in [0.2, 0.25) is 0 Å². The molecule has 1 atom stereocenters. The van der Waals surface area contributed by atoms with Gasteiger partial charge >= 0.3 is 18.1 Å². The Morgan fingerprint density at radius 3 is 1.95 bits per heavy atom. The molecule has 0 heterocycles. The molecule has 0 radical (unpaired) electrons. The summed E-state index contributed by atoms with van der Waals surface area (Å²) in [7, 11) is 0. The van der Waals surface area contributed by atoms with Crippen LogP contribution in [0, 0.1) is 0 Å². The van der Waals surface area contributed by atoms with Crippen LogP contribution in [-0.2, 0) is 9.53 Å². The van der Waals surface area contributed by atoms with E-state index in [1.165, 1.54) is 37.5 Å². The molecule has 0 aliphatic rings. The van der Waals surface area contributed by atoms with E-state index in [1.807, 2.05) is 36.4 Å². The Hall–Kier alpha value is -4.07. The molecule has 224 valence electrons. The third-order valence-corrected chi connectivity index (χ3v) is 6.52. The highest BCUT2D eigenvalue weighted by Crippen LogP contribution is 2.27. The molecule has 0 unspecified atom stereocenters. The highest BCUT2D eigenvalue weighted by atomic mass is 19.4. The lowest BCUT2D eigenvalue weighted by Crippen LogP contribution is -2.33. The highest BCUT2D eigenvalue weighted by molar-refractivity contribution is 5.91. The van der Waals surface area contributed by atoms with Crippen molar-refractivity contribution >= 4 is 18.0 Å². The monoisotopic (exact) mass is 582 g/mol. The second kappa shape index (κ2) is 16.4. The second-order valence-electron chi connectivity index (χ2n) is 9.91. The standard InChI is InChI=1S/C34H37F3O5/c1-3-5-7-8-24-40-29-21-17-27(18-22-29)26-13-15-28(16-14-26)33(39)41-30-19-10-25(11-20-30)12-23-32(38)42-31(9-6-4-2)34(35,36)37/h10-23,31H,3-9,24H2,1-2H3/t31-/m0/s1. The first-order valence-electron chi connectivity index (χ1n) is 14.3. The van der Waals surface area contributed by atoms with Crippen molar-refractivity contribution in [1.82, 2.24) is 0 Å². The van der Waals surface area contributed by atoms with E-state index in [0.717, 1.165) is 29.4 Å². The molecule has 0 aliphatic heterocycles. The fraction of sp³-hybridized carbons (Fsp3) is 0.353. The Morgan fingerprint density at radius 2 is 1.36 bits per heavy atom. The number of halogens is 3. The molecule has 3 aromatic carbocycles. The number of benzene rings is 3. The minimum absolute atomic E-state index is 0.274. The Morgan fingerprint density at radius 1 is 0.762 bits per heavy atom. The zero-order valence-electron chi connectivity index (χ0n) is 24.0. The maximum Gasteiger partial charge on any atom is 0.425 e. The predicted molar refractivity (Wildman–Crippen MR) is 157 cm³/mol. The summed E-state index contributed by atoms with van der Waals surface area (Å²) < 4.78 is 55.0. The summed E-state index contributed by atoms with van der Waals surface area (Å²) in [4.78, 5) is 24.5. The second-order valence-corrected chi connectivity index (χ2v) is 9.91. The van der Waals surface area contributed by atoms with Gasteiger partial charge in [-0.25, -0.2) is 9.59 Å². The zero-order chi connectivity index (χ0) is 30.4. The largest absolute Gasteiger partial charge is 0.494 e. The molecule has 0 fully saturated rings. The molecule has 42 heavy (non-hydrogen) atoms. The minimum atomic E-state index is -4.61. The quantitative estimate of drug-likeness (QED) is 0.0774. The van der Waals surface area contributed by atoms with E-state index in [4.69, 9.17) is 9.47 Å². The lowest BCUT2D eigenvalue weighted by atomic mass is 10.0. The Labute approximate surface area is 245 Å². The van der Waals surface area contributed by atoms with Crippen LogP contribution >= 0.6 is 0 Å². The lowest BCUT2D eigenvalue weighted by Gasteiger charge is -2.19. The molecule has 0 amide bonds. The maximum atomic E-state index is 13.1. The Kier molecular flexibility index (Phi) is 12.7. The van der Waals surface area contributed by atoms with Crippen molar-refractivity contribution in [2.45, 2.75) is 71.1 Å². The van der Waals surface area contributed by atoms with Gasteiger partial charge in [0.1, 0.15) is 11.5 Å². The number of alkyl halides is 3. The van der Waals surface area contributed by atoms with E-state index in [2.05, 4.69) is 11.7 Å². The normalized spacial score (nSPS) is 12.2. The van der Waals surface area contributed by atoms with Crippen molar-refractivity contribution in [3.8, 4) is 22.6 Å². The number of hydrogen-bond donors (Lipinski definition) is 0. The van der Waals surface area contributed by atoms with Crippen LogP contribution in [0.3, 0.4) is 0 Å². The van der Waals surface area contributed by atoms with E-state index in [-0.39, 0.29) is 12.2 Å². The van der Waals surface area contributed by atoms with Gasteiger partial charge in [-0.2, -0.15) is 13.2 Å². The van der Waals surface area contributed by atoms with Crippen LogP contribution in [-0.4, -0.2) is 30.8 Å². The first kappa shape index (κ1) is 32.4. The summed E-state index contributed by atoms with van der Waals surface area (Å²) in [6.45, 7) is 4.65. The van der Waals surface area contributed by atoms with Crippen molar-refractivity contribution in [2.75, 3.05) is 6.61 Å². The lowest BCUT2D eigenvalue weighted by molar-refractivity contribution is -0.220. The van der Waals surface area contributed by atoms with Gasteiger partial charge in [0.15, 0.2) is 6.10 Å². The number of hydrogen-bond acceptors (Lipinski definition) is 5. The Balaban J connectivity index is 1.51. The smallest absolute Gasteiger partial charge is 0.425 e. The maximum absolute atomic E-state index is 13.1. The van der Waals surface area contributed by atoms with Gasteiger partial charge in [-0.3, -0.25) is 0 Å². The first-order valence-corrected chi connectivity index (χ1v) is 14.3. The zero-order valence-corrected chi connectivity index (χ0v) is 24.0. The van der Waals surface area contributed by atoms with Crippen LogP contribution in [0.4, 0.5) is 13.2 Å². The molecule has 0 bridgehead atoms. The highest BCUT2D eigenvalue weighted by Gasteiger charge is 2.41. The van der Waals surface area contributed by atoms with Gasteiger partial charge in [0.05, 0.1) is 12.2 Å². The van der Waals surface area contributed by atoms with Crippen LogP contribution in [0.5, 0.6) is 11.5 Å². The molecule has 5 nitrogen and oxygen atoms in total. The van der Waals surface area contributed by atoms with E-state index >= 15 is 0 Å². The van der Waals surface area contributed by atoms with Crippen LogP contribution < -0.4 is 9.47 Å². The number of carbonyl (C=O) groups is 2. The van der Waals surface area contributed by atoms with Crippen LogP contribution in [0.1, 0.15) is 74.7 Å². The summed E-state index contributed by atoms with van der Waals surface area (Å²) in [6, 6.07) is 21.1. The summed E-state index contributed by atoms with van der Waals surface area (Å²) in [5.41, 5.74) is 2.85. The minimum Gasteiger partial charge on any atom is -0.494 e. The SMILES string of the molecule is CCCCCCOc1ccc(-c2ccc(C(=O)Oc3ccc(C=CC(=O)O[C@@H](CCCC)C(F)(F)F)cc3)cc2)cc1. The molecule has 3 aromatic rings. The first-order chi connectivity index (χ1) is 20.2. The van der Waals surface area contributed by atoms with Gasteiger partial charge in [0.2, 0.25) is 0 Å². The molecule has 0 saturated carbocycles. The van der Waals surface area contributed by atoms with Gasteiger partial charge in [-0.05, 0) is 78.4 Å². The van der Waals surface area contributed by atoms with Gasteiger partial charge in [0.25, 0.3) is 0 Å². The van der Waals surface area contributed by atoms with Crippen molar-refractivity contribution < 1.29 is 37.0 Å². The van der Waals surface area contributed by atoms with Gasteiger partial charge < -0.3 is 14.2 Å². The molecule has 0 aromatic heterocycles. The van der Waals surface area contributed by atoms with Crippen molar-refractivity contribution in [3.05, 3.63) is 90.0 Å². The van der Waals surface area contributed by atoms with Gasteiger partial charge in [-0.1, -0.05) is 75.9 Å². The van der Waals surface area contributed by atoms with Crippen molar-refractivity contribution in [2.24, 2.45) is 0 Å². The molecule has 3 rings (SSSR count). The summed E-state index contributed by atoms with van der Waals surface area (Å²) in [5.74, 6) is -0.500. The topological polar surface area (TPSA) is 61.8 Å². The molecule has 0 aliphatic carbocycles. The summed E-state index contributed by atoms with van der Waals surface area (Å²) >= 11 is 0. The van der Waals surface area contributed by atoms with E-state index < -0.39 is 24.2 Å². The number of rotatable bonds is 15. The third kappa shape index (κ3) is 10.7. The van der Waals surface area contributed by atoms with E-state index in [9.17, 15) is 22.8 Å². The summed E-state index contributed by atoms with van der Waals surface area (Å²) in [5, 5.41) is 0. The average molecular weight is 583 g/mol. The van der Waals surface area contributed by atoms with Crippen molar-refractivity contribution in [3.63, 3.8) is 0 Å². The van der Waals surface area contributed by atoms with Crippen LogP contribution in [0.25, 0.3) is 17.2 Å². The van der Waals surface area contributed by atoms with Crippen molar-refractivity contribution in [1.29, 1.82) is 0 Å². The number of carbonyl (C=O) groups excluding carboxylic acids is 2. The number of ether oxygens (including phenoxy) is 3.